The van der Waals surface area contributed by atoms with Crippen LogP contribution in [0.3, 0.4) is 0 Å². The number of carbonyl (C=O) groups is 2. The summed E-state index contributed by atoms with van der Waals surface area (Å²) in [7, 11) is 2.95. The Hall–Kier alpha value is -2.08. The van der Waals surface area contributed by atoms with Crippen molar-refractivity contribution in [1.29, 1.82) is 0 Å². The lowest BCUT2D eigenvalue weighted by atomic mass is 10.1. The van der Waals surface area contributed by atoms with E-state index in [9.17, 15) is 9.59 Å². The molecule has 20 heavy (non-hydrogen) atoms. The first-order chi connectivity index (χ1) is 9.65. The van der Waals surface area contributed by atoms with Crippen LogP contribution in [0.5, 0.6) is 5.75 Å². The number of nitrogens with one attached hydrogen (secondary N) is 1. The average molecular weight is 278 g/mol. The normalized spacial score (nSPS) is 18.2. The molecule has 0 aliphatic carbocycles. The van der Waals surface area contributed by atoms with E-state index in [0.717, 1.165) is 11.3 Å². The lowest BCUT2D eigenvalue weighted by Crippen LogP contribution is -2.32. The van der Waals surface area contributed by atoms with Crippen molar-refractivity contribution in [3.05, 3.63) is 29.8 Å². The molecule has 2 rings (SSSR count). The van der Waals surface area contributed by atoms with Crippen LogP contribution < -0.4 is 10.1 Å². The van der Waals surface area contributed by atoms with Gasteiger partial charge < -0.3 is 14.4 Å². The number of nitrogens with zero attached hydrogens (tertiary/aromatic N) is 1. The van der Waals surface area contributed by atoms with Gasteiger partial charge in [-0.25, -0.2) is 0 Å². The summed E-state index contributed by atoms with van der Waals surface area (Å²) in [6.45, 7) is 0.618. The number of hydrogen-bond acceptors (Lipinski definition) is 5. The molecule has 6 heteroatoms. The van der Waals surface area contributed by atoms with Crippen LogP contribution in [0.1, 0.15) is 18.2 Å². The molecule has 0 spiro atoms. The van der Waals surface area contributed by atoms with E-state index in [2.05, 4.69) is 10.1 Å². The average Bonchev–Trinajstić information content (AvgIpc) is 2.86. The van der Waals surface area contributed by atoms with Crippen molar-refractivity contribution >= 4 is 11.9 Å². The Balaban J connectivity index is 2.08. The molecule has 1 aliphatic rings. The van der Waals surface area contributed by atoms with Crippen LogP contribution in [0.25, 0.3) is 0 Å². The van der Waals surface area contributed by atoms with E-state index in [1.807, 2.05) is 24.3 Å². The van der Waals surface area contributed by atoms with Crippen LogP contribution >= 0.6 is 0 Å². The Morgan fingerprint density at radius 3 is 2.65 bits per heavy atom. The SMILES string of the molecule is COC(=O)CCN1C(=O)CNC1c1ccc(OC)cc1. The second kappa shape index (κ2) is 6.38. The molecule has 1 aromatic rings. The Kier molecular flexibility index (Phi) is 4.57. The van der Waals surface area contributed by atoms with Crippen LogP contribution in [0.4, 0.5) is 0 Å². The number of amides is 1. The fourth-order valence-electron chi connectivity index (χ4n) is 2.19. The van der Waals surface area contributed by atoms with Gasteiger partial charge in [-0.1, -0.05) is 12.1 Å². The van der Waals surface area contributed by atoms with Gasteiger partial charge >= 0.3 is 5.97 Å². The quantitative estimate of drug-likeness (QED) is 0.803. The second-order valence-electron chi connectivity index (χ2n) is 4.47. The molecule has 1 atom stereocenters. The summed E-state index contributed by atoms with van der Waals surface area (Å²) in [5, 5.41) is 3.14. The van der Waals surface area contributed by atoms with Gasteiger partial charge in [0.15, 0.2) is 0 Å². The zero-order valence-electron chi connectivity index (χ0n) is 11.6. The van der Waals surface area contributed by atoms with Crippen molar-refractivity contribution < 1.29 is 19.1 Å². The molecule has 1 amide bonds. The minimum absolute atomic E-state index is 0.0188. The Morgan fingerprint density at radius 2 is 2.05 bits per heavy atom. The van der Waals surface area contributed by atoms with Crippen molar-refractivity contribution in [3.63, 3.8) is 0 Å². The molecular formula is C14H18N2O4. The fraction of sp³-hybridized carbons (Fsp3) is 0.429. The molecule has 1 unspecified atom stereocenters. The molecule has 6 nitrogen and oxygen atoms in total. The van der Waals surface area contributed by atoms with Gasteiger partial charge in [0.2, 0.25) is 5.91 Å². The van der Waals surface area contributed by atoms with Gasteiger partial charge in [0.25, 0.3) is 0 Å². The van der Waals surface area contributed by atoms with E-state index in [1.54, 1.807) is 12.0 Å². The summed E-state index contributed by atoms with van der Waals surface area (Å²) in [5.74, 6) is 0.423. The molecule has 108 valence electrons. The zero-order chi connectivity index (χ0) is 14.5. The van der Waals surface area contributed by atoms with Gasteiger partial charge in [0, 0.05) is 6.54 Å². The maximum atomic E-state index is 11.9. The predicted octanol–water partition coefficient (Wildman–Crippen LogP) is 0.689. The highest BCUT2D eigenvalue weighted by molar-refractivity contribution is 5.81. The largest absolute Gasteiger partial charge is 0.497 e. The summed E-state index contributed by atoms with van der Waals surface area (Å²) in [4.78, 5) is 24.7. The Labute approximate surface area is 117 Å². The summed E-state index contributed by atoms with van der Waals surface area (Å²) >= 11 is 0. The van der Waals surface area contributed by atoms with Gasteiger partial charge in [-0.15, -0.1) is 0 Å². The van der Waals surface area contributed by atoms with Crippen molar-refractivity contribution in [3.8, 4) is 5.75 Å². The maximum Gasteiger partial charge on any atom is 0.307 e. The van der Waals surface area contributed by atoms with Gasteiger partial charge in [-0.05, 0) is 17.7 Å². The molecule has 1 fully saturated rings. The molecule has 0 bridgehead atoms. The molecule has 0 saturated carbocycles. The molecule has 1 saturated heterocycles. The number of benzene rings is 1. The molecule has 0 radical (unpaired) electrons. The van der Waals surface area contributed by atoms with Crippen LogP contribution in [0.15, 0.2) is 24.3 Å². The maximum absolute atomic E-state index is 11.9. The Bertz CT molecular complexity index is 486. The summed E-state index contributed by atoms with van der Waals surface area (Å²) in [6.07, 6.45) is -0.0191. The molecular weight excluding hydrogens is 260 g/mol. The third-order valence-corrected chi connectivity index (χ3v) is 3.29. The van der Waals surface area contributed by atoms with E-state index >= 15 is 0 Å². The highest BCUT2D eigenvalue weighted by Crippen LogP contribution is 2.24. The van der Waals surface area contributed by atoms with Gasteiger partial charge in [0.1, 0.15) is 11.9 Å². The number of hydrogen-bond donors (Lipinski definition) is 1. The predicted molar refractivity (Wildman–Crippen MR) is 72.1 cm³/mol. The third kappa shape index (κ3) is 3.08. The molecule has 1 aromatic carbocycles. The molecule has 1 aliphatic heterocycles. The highest BCUT2D eigenvalue weighted by Gasteiger charge is 2.31. The monoisotopic (exact) mass is 278 g/mol. The van der Waals surface area contributed by atoms with Crippen LogP contribution in [-0.2, 0) is 14.3 Å². The number of methoxy groups -OCH3 is 2. The van der Waals surface area contributed by atoms with E-state index < -0.39 is 0 Å². The smallest absolute Gasteiger partial charge is 0.307 e. The van der Waals surface area contributed by atoms with Crippen molar-refractivity contribution in [1.82, 2.24) is 10.2 Å². The lowest BCUT2D eigenvalue weighted by molar-refractivity contribution is -0.141. The van der Waals surface area contributed by atoms with Crippen molar-refractivity contribution in [2.24, 2.45) is 0 Å². The first-order valence-corrected chi connectivity index (χ1v) is 6.39. The summed E-state index contributed by atoms with van der Waals surface area (Å²) in [5.41, 5.74) is 0.960. The van der Waals surface area contributed by atoms with Crippen molar-refractivity contribution in [2.75, 3.05) is 27.3 Å². The number of ether oxygens (including phenoxy) is 2. The fourth-order valence-corrected chi connectivity index (χ4v) is 2.19. The lowest BCUT2D eigenvalue weighted by Gasteiger charge is -2.24. The van der Waals surface area contributed by atoms with Crippen LogP contribution in [0.2, 0.25) is 0 Å². The van der Waals surface area contributed by atoms with Gasteiger partial charge in [-0.3, -0.25) is 14.9 Å². The van der Waals surface area contributed by atoms with Gasteiger partial charge in [0.05, 0.1) is 27.2 Å². The van der Waals surface area contributed by atoms with E-state index in [1.165, 1.54) is 7.11 Å². The number of carbonyl (C=O) groups excluding carboxylic acids is 2. The minimum Gasteiger partial charge on any atom is -0.497 e. The molecule has 1 heterocycles. The first kappa shape index (κ1) is 14.3. The summed E-state index contributed by atoms with van der Waals surface area (Å²) < 4.78 is 9.71. The standard InChI is InChI=1S/C14H18N2O4/c1-19-11-5-3-10(4-6-11)14-15-9-12(17)16(14)8-7-13(18)20-2/h3-6,14-15H,7-9H2,1-2H3. The third-order valence-electron chi connectivity index (χ3n) is 3.29. The van der Waals surface area contributed by atoms with E-state index in [0.29, 0.717) is 6.54 Å². The van der Waals surface area contributed by atoms with Crippen LogP contribution in [0, 0.1) is 0 Å². The highest BCUT2D eigenvalue weighted by atomic mass is 16.5. The zero-order valence-corrected chi connectivity index (χ0v) is 11.6. The topological polar surface area (TPSA) is 67.9 Å². The number of esters is 1. The first-order valence-electron chi connectivity index (χ1n) is 6.39. The molecule has 0 aromatic heterocycles. The Morgan fingerprint density at radius 1 is 1.35 bits per heavy atom. The van der Waals surface area contributed by atoms with E-state index in [-0.39, 0.29) is 31.0 Å². The minimum atomic E-state index is -0.321. The molecule has 1 N–H and O–H groups in total. The number of rotatable bonds is 5. The second-order valence-corrected chi connectivity index (χ2v) is 4.47. The summed E-state index contributed by atoms with van der Waals surface area (Å²) in [6, 6.07) is 7.50. The van der Waals surface area contributed by atoms with Crippen LogP contribution in [-0.4, -0.2) is 44.1 Å². The van der Waals surface area contributed by atoms with Crippen molar-refractivity contribution in [2.45, 2.75) is 12.6 Å². The van der Waals surface area contributed by atoms with Gasteiger partial charge in [-0.2, -0.15) is 0 Å². The van der Waals surface area contributed by atoms with E-state index in [4.69, 9.17) is 4.74 Å².